The zero-order chi connectivity index (χ0) is 16.1. The molecule has 0 aliphatic heterocycles. The topological polar surface area (TPSA) is 58.9 Å². The molecule has 0 unspecified atom stereocenters. The molecule has 0 aliphatic carbocycles. The van der Waals surface area contributed by atoms with Crippen LogP contribution in [0.25, 0.3) is 17.0 Å². The summed E-state index contributed by atoms with van der Waals surface area (Å²) in [4.78, 5) is 14.9. The van der Waals surface area contributed by atoms with Crippen molar-refractivity contribution in [2.45, 2.75) is 27.2 Å². The van der Waals surface area contributed by atoms with Crippen LogP contribution in [0.5, 0.6) is 0 Å². The highest BCUT2D eigenvalue weighted by Gasteiger charge is 2.10. The van der Waals surface area contributed by atoms with Gasteiger partial charge in [-0.05, 0) is 38.0 Å². The van der Waals surface area contributed by atoms with Crippen LogP contribution < -0.4 is 5.73 Å². The minimum atomic E-state index is 0.590. The highest BCUT2D eigenvalue weighted by Crippen LogP contribution is 2.25. The first-order chi connectivity index (χ1) is 10.6. The largest absolute Gasteiger partial charge is 0.399 e. The molecular weight excluding hydrogens is 272 g/mol. The predicted octanol–water partition coefficient (Wildman–Crippen LogP) is 4.26. The van der Waals surface area contributed by atoms with Crippen molar-refractivity contribution < 1.29 is 4.79 Å². The van der Waals surface area contributed by atoms with Crippen LogP contribution in [-0.4, -0.2) is 11.3 Å². The fraction of sp³-hybridized carbons (Fsp3) is 0.211. The third-order valence-electron chi connectivity index (χ3n) is 3.77. The van der Waals surface area contributed by atoms with Gasteiger partial charge in [0.1, 0.15) is 0 Å². The maximum absolute atomic E-state index is 11.6. The summed E-state index contributed by atoms with van der Waals surface area (Å²) in [5.41, 5.74) is 11.2. The molecule has 3 heteroatoms. The van der Waals surface area contributed by atoms with Gasteiger partial charge in [0.05, 0.1) is 0 Å². The van der Waals surface area contributed by atoms with Crippen molar-refractivity contribution >= 4 is 23.3 Å². The number of allylic oxidation sites excluding steroid dienone is 3. The fourth-order valence-electron chi connectivity index (χ4n) is 2.54. The molecule has 3 nitrogen and oxygen atoms in total. The van der Waals surface area contributed by atoms with Crippen LogP contribution in [0.1, 0.15) is 31.5 Å². The van der Waals surface area contributed by atoms with Crippen LogP contribution in [0.2, 0.25) is 0 Å². The van der Waals surface area contributed by atoms with Crippen LogP contribution in [-0.2, 0) is 4.79 Å². The van der Waals surface area contributed by atoms with Gasteiger partial charge in [0.25, 0.3) is 0 Å². The Morgan fingerprint density at radius 1 is 1.32 bits per heavy atom. The number of rotatable bonds is 5. The molecule has 0 aliphatic rings. The summed E-state index contributed by atoms with van der Waals surface area (Å²) in [6, 6.07) is 8.11. The van der Waals surface area contributed by atoms with Gasteiger partial charge in [-0.3, -0.25) is 4.79 Å². The lowest BCUT2D eigenvalue weighted by molar-refractivity contribution is -0.104. The molecule has 22 heavy (non-hydrogen) atoms. The Hall–Kier alpha value is -2.55. The van der Waals surface area contributed by atoms with Crippen LogP contribution in [0.4, 0.5) is 0 Å². The molecule has 2 aromatic rings. The Kier molecular flexibility index (Phi) is 4.99. The molecule has 0 fully saturated rings. The number of carbonyl (C=O) groups is 1. The lowest BCUT2D eigenvalue weighted by Gasteiger charge is -2.07. The fourth-order valence-corrected chi connectivity index (χ4v) is 2.54. The van der Waals surface area contributed by atoms with E-state index in [2.05, 4.69) is 18.0 Å². The number of benzene rings is 1. The number of hydrogen-bond donors (Lipinski definition) is 2. The van der Waals surface area contributed by atoms with Gasteiger partial charge in [0, 0.05) is 33.4 Å². The van der Waals surface area contributed by atoms with Crippen molar-refractivity contribution in [2.24, 2.45) is 5.73 Å². The highest BCUT2D eigenvalue weighted by molar-refractivity contribution is 5.93. The number of fused-ring (bicyclic) bond motifs is 1. The first-order valence-corrected chi connectivity index (χ1v) is 7.49. The molecule has 3 N–H and O–H groups in total. The van der Waals surface area contributed by atoms with Gasteiger partial charge < -0.3 is 10.7 Å². The average molecular weight is 294 g/mol. The predicted molar refractivity (Wildman–Crippen MR) is 93.4 cm³/mol. The number of aryl methyl sites for hydroxylation is 1. The third kappa shape index (κ3) is 3.03. The maximum Gasteiger partial charge on any atom is 0.150 e. The molecular formula is C19H22N2O. The van der Waals surface area contributed by atoms with Gasteiger partial charge in [0.15, 0.2) is 6.29 Å². The summed E-state index contributed by atoms with van der Waals surface area (Å²) in [6.07, 6.45) is 7.36. The monoisotopic (exact) mass is 294 g/mol. The van der Waals surface area contributed by atoms with Gasteiger partial charge in [-0.2, -0.15) is 0 Å². The van der Waals surface area contributed by atoms with Crippen LogP contribution in [0.15, 0.2) is 53.3 Å². The van der Waals surface area contributed by atoms with Gasteiger partial charge in [-0.15, -0.1) is 0 Å². The highest BCUT2D eigenvalue weighted by atomic mass is 16.1. The summed E-state index contributed by atoms with van der Waals surface area (Å²) in [6.45, 7) is 5.95. The Morgan fingerprint density at radius 2 is 2.05 bits per heavy atom. The minimum Gasteiger partial charge on any atom is -0.399 e. The van der Waals surface area contributed by atoms with Crippen LogP contribution in [0.3, 0.4) is 0 Å². The van der Waals surface area contributed by atoms with E-state index in [0.29, 0.717) is 11.3 Å². The zero-order valence-electron chi connectivity index (χ0n) is 13.3. The molecule has 2 rings (SSSR count). The first-order valence-electron chi connectivity index (χ1n) is 7.49. The van der Waals surface area contributed by atoms with Crippen LogP contribution >= 0.6 is 0 Å². The minimum absolute atomic E-state index is 0.590. The second-order valence-corrected chi connectivity index (χ2v) is 5.20. The van der Waals surface area contributed by atoms with Crippen molar-refractivity contribution in [2.75, 3.05) is 0 Å². The van der Waals surface area contributed by atoms with E-state index in [1.807, 2.05) is 50.3 Å². The molecule has 0 saturated carbocycles. The molecule has 1 aromatic carbocycles. The molecule has 1 aromatic heterocycles. The van der Waals surface area contributed by atoms with E-state index in [0.717, 1.165) is 35.1 Å². The second-order valence-electron chi connectivity index (χ2n) is 5.20. The number of aromatic amines is 1. The van der Waals surface area contributed by atoms with E-state index in [4.69, 9.17) is 5.73 Å². The number of aldehydes is 1. The molecule has 0 atom stereocenters. The standard InChI is InChI=1S/C19H22N2O/c1-4-8-16(17(20)5-2)14(12-22)11-19-13(3)15-9-6-7-10-18(15)21-19/h5-12,21H,4,20H2,1-3H3/b14-11+,16-8-,17-5?. The number of nitrogens with two attached hydrogens (primary N) is 1. The Morgan fingerprint density at radius 3 is 2.64 bits per heavy atom. The Labute approximate surface area is 131 Å². The van der Waals surface area contributed by atoms with Gasteiger partial charge in [-0.1, -0.05) is 37.3 Å². The quantitative estimate of drug-likeness (QED) is 0.492. The number of hydrogen-bond acceptors (Lipinski definition) is 2. The van der Waals surface area contributed by atoms with E-state index in [1.54, 1.807) is 0 Å². The lowest BCUT2D eigenvalue weighted by atomic mass is 10.0. The molecule has 114 valence electrons. The van der Waals surface area contributed by atoms with E-state index in [1.165, 1.54) is 5.39 Å². The van der Waals surface area contributed by atoms with Crippen molar-refractivity contribution in [3.63, 3.8) is 0 Å². The second kappa shape index (κ2) is 6.94. The van der Waals surface area contributed by atoms with E-state index >= 15 is 0 Å². The van der Waals surface area contributed by atoms with Gasteiger partial charge in [-0.25, -0.2) is 0 Å². The van der Waals surface area contributed by atoms with E-state index < -0.39 is 0 Å². The summed E-state index contributed by atoms with van der Waals surface area (Å²) in [7, 11) is 0. The van der Waals surface area contributed by atoms with Crippen molar-refractivity contribution in [3.8, 4) is 0 Å². The molecule has 0 saturated heterocycles. The normalized spacial score (nSPS) is 13.7. The summed E-state index contributed by atoms with van der Waals surface area (Å²) in [5.74, 6) is 0. The van der Waals surface area contributed by atoms with Crippen LogP contribution in [0, 0.1) is 6.92 Å². The Bertz CT molecular complexity index is 776. The number of aromatic nitrogens is 1. The molecule has 0 amide bonds. The zero-order valence-corrected chi connectivity index (χ0v) is 13.3. The SMILES string of the molecule is CC=C(N)C(=C\CC)/C(C=O)=C/c1[nH]c2ccccc2c1C. The molecule has 1 heterocycles. The number of carbonyl (C=O) groups excluding carboxylic acids is 1. The van der Waals surface area contributed by atoms with Crippen molar-refractivity contribution in [3.05, 3.63) is 64.5 Å². The van der Waals surface area contributed by atoms with Gasteiger partial charge >= 0.3 is 0 Å². The number of para-hydroxylation sites is 1. The van der Waals surface area contributed by atoms with E-state index in [9.17, 15) is 4.79 Å². The number of nitrogens with one attached hydrogen (secondary N) is 1. The van der Waals surface area contributed by atoms with Crippen molar-refractivity contribution in [1.29, 1.82) is 0 Å². The molecule has 0 radical (unpaired) electrons. The molecule has 0 spiro atoms. The lowest BCUT2D eigenvalue weighted by Crippen LogP contribution is -2.04. The smallest absolute Gasteiger partial charge is 0.150 e. The summed E-state index contributed by atoms with van der Waals surface area (Å²) < 4.78 is 0. The van der Waals surface area contributed by atoms with E-state index in [-0.39, 0.29) is 0 Å². The molecule has 0 bridgehead atoms. The third-order valence-corrected chi connectivity index (χ3v) is 3.77. The van der Waals surface area contributed by atoms with Crippen molar-refractivity contribution in [1.82, 2.24) is 4.98 Å². The summed E-state index contributed by atoms with van der Waals surface area (Å²) in [5, 5.41) is 1.17. The maximum atomic E-state index is 11.6. The number of H-pyrrole nitrogens is 1. The summed E-state index contributed by atoms with van der Waals surface area (Å²) >= 11 is 0. The average Bonchev–Trinajstić information content (AvgIpc) is 2.86. The van der Waals surface area contributed by atoms with Gasteiger partial charge in [0.2, 0.25) is 0 Å². The Balaban J connectivity index is 2.57. The first kappa shape index (κ1) is 15.8.